The molecule has 3 nitrogen and oxygen atoms in total. The quantitative estimate of drug-likeness (QED) is 0.831. The summed E-state index contributed by atoms with van der Waals surface area (Å²) in [4.78, 5) is 10.4. The molecule has 1 aromatic rings. The summed E-state index contributed by atoms with van der Waals surface area (Å²) in [6, 6.07) is 3.21. The summed E-state index contributed by atoms with van der Waals surface area (Å²) in [6.45, 7) is 1.62. The van der Waals surface area contributed by atoms with Crippen molar-refractivity contribution in [2.75, 3.05) is 7.11 Å². The smallest absolute Gasteiger partial charge is 0.303 e. The number of aryl methyl sites for hydroxylation is 1. The second kappa shape index (κ2) is 4.77. The molecule has 0 saturated heterocycles. The topological polar surface area (TPSA) is 46.5 Å². The van der Waals surface area contributed by atoms with E-state index in [0.29, 0.717) is 17.5 Å². The van der Waals surface area contributed by atoms with Crippen molar-refractivity contribution in [3.8, 4) is 5.75 Å². The van der Waals surface area contributed by atoms with Crippen molar-refractivity contribution in [2.24, 2.45) is 0 Å². The van der Waals surface area contributed by atoms with Gasteiger partial charge in [0.05, 0.1) is 7.11 Å². The van der Waals surface area contributed by atoms with Crippen molar-refractivity contribution < 1.29 is 19.0 Å². The van der Waals surface area contributed by atoms with Gasteiger partial charge >= 0.3 is 5.97 Å². The van der Waals surface area contributed by atoms with Gasteiger partial charge in [-0.3, -0.25) is 4.79 Å². The van der Waals surface area contributed by atoms with E-state index in [9.17, 15) is 9.18 Å². The van der Waals surface area contributed by atoms with E-state index < -0.39 is 11.8 Å². The molecule has 0 aliphatic heterocycles. The van der Waals surface area contributed by atoms with Crippen LogP contribution in [0.5, 0.6) is 5.75 Å². The Balaban J connectivity index is 2.91. The number of hydrogen-bond acceptors (Lipinski definition) is 2. The van der Waals surface area contributed by atoms with E-state index >= 15 is 0 Å². The minimum Gasteiger partial charge on any atom is -0.494 e. The van der Waals surface area contributed by atoms with Crippen molar-refractivity contribution >= 4 is 5.97 Å². The fourth-order valence-electron chi connectivity index (χ4n) is 1.37. The second-order valence-corrected chi connectivity index (χ2v) is 3.26. The van der Waals surface area contributed by atoms with Gasteiger partial charge in [0.15, 0.2) is 11.6 Å². The van der Waals surface area contributed by atoms with Gasteiger partial charge in [0, 0.05) is 6.42 Å². The van der Waals surface area contributed by atoms with E-state index in [1.54, 1.807) is 13.0 Å². The van der Waals surface area contributed by atoms with E-state index in [1.165, 1.54) is 13.2 Å². The Labute approximate surface area is 87.5 Å². The highest BCUT2D eigenvalue weighted by Crippen LogP contribution is 2.23. The predicted octanol–water partition coefficient (Wildman–Crippen LogP) is 2.16. The molecule has 0 aliphatic rings. The van der Waals surface area contributed by atoms with Crippen molar-refractivity contribution in [1.29, 1.82) is 0 Å². The van der Waals surface area contributed by atoms with Gasteiger partial charge in [-0.15, -0.1) is 0 Å². The van der Waals surface area contributed by atoms with Gasteiger partial charge in [-0.2, -0.15) is 0 Å². The number of ether oxygens (including phenoxy) is 1. The molecular formula is C11H13FO3. The van der Waals surface area contributed by atoms with Gasteiger partial charge in [0.2, 0.25) is 0 Å². The number of aliphatic carboxylic acids is 1. The Morgan fingerprint density at radius 2 is 2.20 bits per heavy atom. The molecule has 1 rings (SSSR count). The Hall–Kier alpha value is -1.58. The van der Waals surface area contributed by atoms with Gasteiger partial charge in [-0.25, -0.2) is 4.39 Å². The Morgan fingerprint density at radius 1 is 1.53 bits per heavy atom. The zero-order valence-electron chi connectivity index (χ0n) is 8.71. The summed E-state index contributed by atoms with van der Waals surface area (Å²) >= 11 is 0. The lowest BCUT2D eigenvalue weighted by molar-refractivity contribution is -0.136. The number of rotatable bonds is 4. The number of halogens is 1. The second-order valence-electron chi connectivity index (χ2n) is 3.26. The van der Waals surface area contributed by atoms with Crippen LogP contribution in [0.4, 0.5) is 4.39 Å². The average molecular weight is 212 g/mol. The van der Waals surface area contributed by atoms with Crippen LogP contribution in [0.2, 0.25) is 0 Å². The maximum Gasteiger partial charge on any atom is 0.303 e. The van der Waals surface area contributed by atoms with Crippen LogP contribution in [-0.2, 0) is 11.2 Å². The highest BCUT2D eigenvalue weighted by Gasteiger charge is 2.10. The summed E-state index contributed by atoms with van der Waals surface area (Å²) in [5.74, 6) is -1.11. The molecule has 0 aliphatic carbocycles. The number of carboxylic acids is 1. The first-order valence-electron chi connectivity index (χ1n) is 4.60. The lowest BCUT2D eigenvalue weighted by Gasteiger charge is -2.08. The molecule has 0 fully saturated rings. The maximum absolute atomic E-state index is 13.5. The molecule has 1 aromatic carbocycles. The van der Waals surface area contributed by atoms with Crippen LogP contribution in [0, 0.1) is 12.7 Å². The Bertz CT molecular complexity index is 374. The van der Waals surface area contributed by atoms with E-state index in [1.807, 2.05) is 0 Å². The van der Waals surface area contributed by atoms with E-state index in [-0.39, 0.29) is 12.2 Å². The zero-order valence-corrected chi connectivity index (χ0v) is 8.71. The molecular weight excluding hydrogens is 199 g/mol. The van der Waals surface area contributed by atoms with Crippen LogP contribution >= 0.6 is 0 Å². The average Bonchev–Trinajstić information content (AvgIpc) is 2.20. The van der Waals surface area contributed by atoms with Gasteiger partial charge in [0.1, 0.15) is 0 Å². The molecule has 1 N–H and O–H groups in total. The fraction of sp³-hybridized carbons (Fsp3) is 0.364. The molecule has 15 heavy (non-hydrogen) atoms. The van der Waals surface area contributed by atoms with Crippen LogP contribution in [0.1, 0.15) is 17.5 Å². The van der Waals surface area contributed by atoms with Crippen LogP contribution in [0.25, 0.3) is 0 Å². The minimum absolute atomic E-state index is 0.00656. The summed E-state index contributed by atoms with van der Waals surface area (Å²) in [5, 5.41) is 8.52. The van der Waals surface area contributed by atoms with Crippen molar-refractivity contribution in [3.63, 3.8) is 0 Å². The normalized spacial score (nSPS) is 10.1. The predicted molar refractivity (Wildman–Crippen MR) is 53.6 cm³/mol. The number of carbonyl (C=O) groups is 1. The zero-order chi connectivity index (χ0) is 11.4. The fourth-order valence-corrected chi connectivity index (χ4v) is 1.37. The molecule has 0 bridgehead atoms. The minimum atomic E-state index is -0.884. The largest absolute Gasteiger partial charge is 0.494 e. The van der Waals surface area contributed by atoms with Crippen molar-refractivity contribution in [3.05, 3.63) is 29.1 Å². The van der Waals surface area contributed by atoms with Gasteiger partial charge in [-0.1, -0.05) is 6.07 Å². The van der Waals surface area contributed by atoms with Crippen LogP contribution in [-0.4, -0.2) is 18.2 Å². The molecule has 0 saturated carbocycles. The molecule has 0 unspecified atom stereocenters. The van der Waals surface area contributed by atoms with Gasteiger partial charge in [-0.05, 0) is 30.5 Å². The van der Waals surface area contributed by atoms with E-state index in [2.05, 4.69) is 0 Å². The summed E-state index contributed by atoms with van der Waals surface area (Å²) in [6.07, 6.45) is 0.342. The number of benzene rings is 1. The summed E-state index contributed by atoms with van der Waals surface area (Å²) in [7, 11) is 1.40. The molecule has 0 heterocycles. The first-order chi connectivity index (χ1) is 7.06. The molecule has 0 radical (unpaired) electrons. The van der Waals surface area contributed by atoms with Crippen LogP contribution in [0.15, 0.2) is 12.1 Å². The molecule has 0 spiro atoms. The van der Waals surface area contributed by atoms with Gasteiger partial charge in [0.25, 0.3) is 0 Å². The lowest BCUT2D eigenvalue weighted by Crippen LogP contribution is -2.01. The van der Waals surface area contributed by atoms with E-state index in [4.69, 9.17) is 9.84 Å². The third kappa shape index (κ3) is 2.68. The summed E-state index contributed by atoms with van der Waals surface area (Å²) < 4.78 is 18.3. The van der Waals surface area contributed by atoms with Crippen LogP contribution in [0.3, 0.4) is 0 Å². The highest BCUT2D eigenvalue weighted by atomic mass is 19.1. The molecule has 0 aromatic heterocycles. The number of carboxylic acid groups (broad SMARTS) is 1. The Morgan fingerprint density at radius 3 is 2.73 bits per heavy atom. The van der Waals surface area contributed by atoms with Crippen LogP contribution < -0.4 is 4.74 Å². The maximum atomic E-state index is 13.5. The number of hydrogen-bond donors (Lipinski definition) is 1. The molecule has 0 atom stereocenters. The standard InChI is InChI=1S/C11H13FO3/c1-7-8(4-6-10(13)14)3-5-9(15-2)11(7)12/h3,5H,4,6H2,1-2H3,(H,13,14). The van der Waals surface area contributed by atoms with E-state index in [0.717, 1.165) is 0 Å². The molecule has 0 amide bonds. The number of methoxy groups -OCH3 is 1. The van der Waals surface area contributed by atoms with Crippen molar-refractivity contribution in [2.45, 2.75) is 19.8 Å². The first-order valence-corrected chi connectivity index (χ1v) is 4.60. The third-order valence-corrected chi connectivity index (χ3v) is 2.29. The first kappa shape index (κ1) is 11.5. The molecule has 4 heteroatoms. The highest BCUT2D eigenvalue weighted by molar-refractivity contribution is 5.67. The monoisotopic (exact) mass is 212 g/mol. The Kier molecular flexibility index (Phi) is 3.66. The third-order valence-electron chi connectivity index (χ3n) is 2.29. The summed E-state index contributed by atoms with van der Waals surface area (Å²) in [5.41, 5.74) is 1.16. The van der Waals surface area contributed by atoms with Crippen molar-refractivity contribution in [1.82, 2.24) is 0 Å². The lowest BCUT2D eigenvalue weighted by atomic mass is 10.0. The molecule has 82 valence electrons. The SMILES string of the molecule is COc1ccc(CCC(=O)O)c(C)c1F. The van der Waals surface area contributed by atoms with Gasteiger partial charge < -0.3 is 9.84 Å².